The molecule has 0 aliphatic rings. The van der Waals surface area contributed by atoms with Crippen LogP contribution in [0.4, 0.5) is 4.39 Å². The smallest absolute Gasteiger partial charge is 0.251 e. The normalized spacial score (nSPS) is 10.6. The largest absolute Gasteiger partial charge is 0.416 e. The average Bonchev–Trinajstić information content (AvgIpc) is 2.89. The number of rotatable bonds is 2. The van der Waals surface area contributed by atoms with Gasteiger partial charge < -0.3 is 4.42 Å². The second kappa shape index (κ2) is 4.56. The van der Waals surface area contributed by atoms with Crippen LogP contribution in [0.5, 0.6) is 0 Å². The van der Waals surface area contributed by atoms with Gasteiger partial charge in [-0.2, -0.15) is 0 Å². The lowest BCUT2D eigenvalue weighted by Gasteiger charge is -1.97. The fourth-order valence-corrected chi connectivity index (χ4v) is 1.64. The Balaban J connectivity index is 2.00. The topological polar surface area (TPSA) is 64.7 Å². The molecule has 0 radical (unpaired) electrons. The van der Waals surface area contributed by atoms with Gasteiger partial charge in [0.15, 0.2) is 0 Å². The Morgan fingerprint density at radius 3 is 2.53 bits per heavy atom. The third-order valence-corrected chi connectivity index (χ3v) is 2.66. The molecule has 3 aromatic rings. The van der Waals surface area contributed by atoms with Gasteiger partial charge in [0.1, 0.15) is 12.1 Å². The second-order valence-electron chi connectivity index (χ2n) is 3.94. The van der Waals surface area contributed by atoms with E-state index < -0.39 is 0 Å². The third kappa shape index (κ3) is 2.20. The first-order valence-corrected chi connectivity index (χ1v) is 5.60. The number of nitrogens with zero attached hydrogens (tertiary/aromatic N) is 4. The van der Waals surface area contributed by atoms with E-state index in [4.69, 9.17) is 4.42 Å². The number of hydrogen-bond donors (Lipinski definition) is 0. The summed E-state index contributed by atoms with van der Waals surface area (Å²) in [6, 6.07) is 5.86. The lowest BCUT2D eigenvalue weighted by molar-refractivity contribution is 0.582. The molecule has 0 fully saturated rings. The molecule has 0 bridgehead atoms. The van der Waals surface area contributed by atoms with Crippen LogP contribution in [0.2, 0.25) is 0 Å². The summed E-state index contributed by atoms with van der Waals surface area (Å²) in [5.41, 5.74) is 2.10. The molecule has 3 rings (SSSR count). The first-order chi connectivity index (χ1) is 9.24. The zero-order valence-corrected chi connectivity index (χ0v) is 10.0. The van der Waals surface area contributed by atoms with E-state index in [1.165, 1.54) is 18.5 Å². The molecular weight excluding hydrogens is 247 g/mol. The van der Waals surface area contributed by atoms with Gasteiger partial charge in [-0.25, -0.2) is 14.4 Å². The van der Waals surface area contributed by atoms with Crippen LogP contribution in [0.3, 0.4) is 0 Å². The Hall–Kier alpha value is -2.63. The molecule has 19 heavy (non-hydrogen) atoms. The Kier molecular flexibility index (Phi) is 2.75. The van der Waals surface area contributed by atoms with E-state index in [1.807, 2.05) is 6.92 Å². The van der Waals surface area contributed by atoms with Gasteiger partial charge in [-0.1, -0.05) is 0 Å². The molecule has 1 aromatic carbocycles. The van der Waals surface area contributed by atoms with E-state index in [9.17, 15) is 4.39 Å². The maximum absolute atomic E-state index is 12.8. The van der Waals surface area contributed by atoms with Crippen molar-refractivity contribution in [3.05, 3.63) is 48.3 Å². The Labute approximate surface area is 108 Å². The molecular formula is C13H9FN4O. The summed E-state index contributed by atoms with van der Waals surface area (Å²) in [7, 11) is 0. The zero-order valence-electron chi connectivity index (χ0n) is 10.0. The maximum atomic E-state index is 12.8. The number of halogens is 1. The van der Waals surface area contributed by atoms with Gasteiger partial charge in [0.05, 0.1) is 11.3 Å². The summed E-state index contributed by atoms with van der Waals surface area (Å²) in [5.74, 6) is 0.367. The van der Waals surface area contributed by atoms with E-state index >= 15 is 0 Å². The van der Waals surface area contributed by atoms with Crippen LogP contribution in [0.25, 0.3) is 22.9 Å². The lowest BCUT2D eigenvalue weighted by atomic mass is 10.2. The van der Waals surface area contributed by atoms with Gasteiger partial charge >= 0.3 is 0 Å². The van der Waals surface area contributed by atoms with Crippen molar-refractivity contribution in [1.82, 2.24) is 20.2 Å². The zero-order chi connectivity index (χ0) is 13.2. The Morgan fingerprint density at radius 1 is 1.05 bits per heavy atom. The van der Waals surface area contributed by atoms with E-state index in [-0.39, 0.29) is 5.82 Å². The molecule has 0 unspecified atom stereocenters. The number of benzene rings is 1. The van der Waals surface area contributed by atoms with E-state index in [1.54, 1.807) is 18.3 Å². The standard InChI is InChI=1S/C13H9FN4O/c1-8-11(6-15-7-16-8)13-18-17-12(19-13)9-2-4-10(14)5-3-9/h2-7H,1H3. The van der Waals surface area contributed by atoms with Gasteiger partial charge in [0, 0.05) is 11.8 Å². The minimum absolute atomic E-state index is 0.309. The molecule has 2 heterocycles. The summed E-state index contributed by atoms with van der Waals surface area (Å²) in [6.07, 6.45) is 3.07. The molecule has 0 atom stereocenters. The van der Waals surface area contributed by atoms with Gasteiger partial charge in [-0.05, 0) is 31.2 Å². The predicted molar refractivity (Wildman–Crippen MR) is 65.5 cm³/mol. The van der Waals surface area contributed by atoms with Gasteiger partial charge in [-0.15, -0.1) is 10.2 Å². The third-order valence-electron chi connectivity index (χ3n) is 2.66. The summed E-state index contributed by atoms with van der Waals surface area (Å²) < 4.78 is 18.4. The quantitative estimate of drug-likeness (QED) is 0.705. The van der Waals surface area contributed by atoms with Gasteiger partial charge in [0.25, 0.3) is 5.89 Å². The molecule has 0 saturated heterocycles. The maximum Gasteiger partial charge on any atom is 0.251 e. The Morgan fingerprint density at radius 2 is 1.79 bits per heavy atom. The molecule has 0 spiro atoms. The SMILES string of the molecule is Cc1ncncc1-c1nnc(-c2ccc(F)cc2)o1. The highest BCUT2D eigenvalue weighted by Gasteiger charge is 2.13. The van der Waals surface area contributed by atoms with Crippen molar-refractivity contribution >= 4 is 0 Å². The highest BCUT2D eigenvalue weighted by atomic mass is 19.1. The monoisotopic (exact) mass is 256 g/mol. The van der Waals surface area contributed by atoms with Crippen molar-refractivity contribution < 1.29 is 8.81 Å². The average molecular weight is 256 g/mol. The molecule has 2 aromatic heterocycles. The lowest BCUT2D eigenvalue weighted by Crippen LogP contribution is -1.88. The van der Waals surface area contributed by atoms with Crippen LogP contribution in [-0.4, -0.2) is 20.2 Å². The highest BCUT2D eigenvalue weighted by Crippen LogP contribution is 2.24. The fraction of sp³-hybridized carbons (Fsp3) is 0.0769. The van der Waals surface area contributed by atoms with Crippen LogP contribution in [0.1, 0.15) is 5.69 Å². The van der Waals surface area contributed by atoms with Crippen LogP contribution < -0.4 is 0 Å². The van der Waals surface area contributed by atoms with Crippen molar-refractivity contribution in [3.8, 4) is 22.9 Å². The van der Waals surface area contributed by atoms with Crippen molar-refractivity contribution in [1.29, 1.82) is 0 Å². The van der Waals surface area contributed by atoms with Crippen LogP contribution in [0, 0.1) is 12.7 Å². The predicted octanol–water partition coefficient (Wildman–Crippen LogP) is 2.64. The molecule has 0 saturated carbocycles. The first-order valence-electron chi connectivity index (χ1n) is 5.60. The molecule has 0 aliphatic carbocycles. The van der Waals surface area contributed by atoms with Crippen LogP contribution in [-0.2, 0) is 0 Å². The van der Waals surface area contributed by atoms with Crippen LogP contribution in [0.15, 0.2) is 41.2 Å². The summed E-state index contributed by atoms with van der Waals surface area (Å²) in [6.45, 7) is 1.83. The van der Waals surface area contributed by atoms with Crippen LogP contribution >= 0.6 is 0 Å². The summed E-state index contributed by atoms with van der Waals surface area (Å²) in [4.78, 5) is 7.99. The summed E-state index contributed by atoms with van der Waals surface area (Å²) in [5, 5.41) is 7.89. The number of aromatic nitrogens is 4. The van der Waals surface area contributed by atoms with Crippen molar-refractivity contribution in [2.75, 3.05) is 0 Å². The van der Waals surface area contributed by atoms with Gasteiger partial charge in [-0.3, -0.25) is 0 Å². The van der Waals surface area contributed by atoms with Crippen molar-refractivity contribution in [2.45, 2.75) is 6.92 Å². The number of hydrogen-bond acceptors (Lipinski definition) is 5. The van der Waals surface area contributed by atoms with E-state index in [0.717, 1.165) is 5.69 Å². The molecule has 0 amide bonds. The minimum Gasteiger partial charge on any atom is -0.416 e. The van der Waals surface area contributed by atoms with Gasteiger partial charge in [0.2, 0.25) is 5.89 Å². The number of aryl methyl sites for hydroxylation is 1. The minimum atomic E-state index is -0.309. The second-order valence-corrected chi connectivity index (χ2v) is 3.94. The molecule has 6 heteroatoms. The fourth-order valence-electron chi connectivity index (χ4n) is 1.64. The molecule has 0 aliphatic heterocycles. The summed E-state index contributed by atoms with van der Waals surface area (Å²) >= 11 is 0. The van der Waals surface area contributed by atoms with Crippen molar-refractivity contribution in [2.24, 2.45) is 0 Å². The van der Waals surface area contributed by atoms with Crippen molar-refractivity contribution in [3.63, 3.8) is 0 Å². The molecule has 0 N–H and O–H groups in total. The van der Waals surface area contributed by atoms with E-state index in [2.05, 4.69) is 20.2 Å². The molecule has 5 nitrogen and oxygen atoms in total. The Bertz CT molecular complexity index is 709. The first kappa shape index (κ1) is 11.5. The molecule has 94 valence electrons. The van der Waals surface area contributed by atoms with E-state index in [0.29, 0.717) is 22.9 Å². The highest BCUT2D eigenvalue weighted by molar-refractivity contribution is 5.58.